The summed E-state index contributed by atoms with van der Waals surface area (Å²) in [5, 5.41) is 4.43. The highest BCUT2D eigenvalue weighted by atomic mass is 32.2. The Bertz CT molecular complexity index is 768. The summed E-state index contributed by atoms with van der Waals surface area (Å²) in [4.78, 5) is 12.1. The highest BCUT2D eigenvalue weighted by Crippen LogP contribution is 2.20. The molecule has 0 aliphatic heterocycles. The fourth-order valence-electron chi connectivity index (χ4n) is 1.99. The average molecular weight is 338 g/mol. The molecule has 22 heavy (non-hydrogen) atoms. The van der Waals surface area contributed by atoms with Crippen molar-refractivity contribution in [3.63, 3.8) is 0 Å². The number of anilines is 1. The van der Waals surface area contributed by atoms with Gasteiger partial charge in [0.05, 0.1) is 6.54 Å². The van der Waals surface area contributed by atoms with Crippen molar-refractivity contribution in [2.45, 2.75) is 18.1 Å². The first-order valence-electron chi connectivity index (χ1n) is 6.67. The third-order valence-electron chi connectivity index (χ3n) is 3.18. The third kappa shape index (κ3) is 3.73. The molecule has 0 unspecified atom stereocenters. The molecular weight excluding hydrogens is 320 g/mol. The molecule has 1 aromatic carbocycles. The van der Waals surface area contributed by atoms with Gasteiger partial charge in [0.1, 0.15) is 4.21 Å². The summed E-state index contributed by atoms with van der Waals surface area (Å²) in [7, 11) is -2.21. The van der Waals surface area contributed by atoms with E-state index in [4.69, 9.17) is 0 Å². The monoisotopic (exact) mass is 338 g/mol. The van der Waals surface area contributed by atoms with E-state index in [9.17, 15) is 13.2 Å². The second kappa shape index (κ2) is 6.60. The Labute approximate surface area is 134 Å². The van der Waals surface area contributed by atoms with Gasteiger partial charge in [-0.15, -0.1) is 11.3 Å². The largest absolute Gasteiger partial charge is 0.325 e. The molecule has 0 radical (unpaired) electrons. The van der Waals surface area contributed by atoms with E-state index in [0.29, 0.717) is 5.69 Å². The maximum atomic E-state index is 12.2. The van der Waals surface area contributed by atoms with Crippen LogP contribution < -0.4 is 5.32 Å². The van der Waals surface area contributed by atoms with Crippen LogP contribution in [0.4, 0.5) is 5.69 Å². The maximum Gasteiger partial charge on any atom is 0.252 e. The van der Waals surface area contributed by atoms with Crippen molar-refractivity contribution in [2.24, 2.45) is 0 Å². The van der Waals surface area contributed by atoms with Crippen molar-refractivity contribution in [2.75, 3.05) is 18.9 Å². The van der Waals surface area contributed by atoms with Crippen LogP contribution in [0.15, 0.2) is 39.9 Å². The number of carbonyl (C=O) groups excluding carboxylic acids is 1. The van der Waals surface area contributed by atoms with E-state index >= 15 is 0 Å². The lowest BCUT2D eigenvalue weighted by Gasteiger charge is -2.16. The Morgan fingerprint density at radius 1 is 1.27 bits per heavy atom. The number of carbonyl (C=O) groups is 1. The van der Waals surface area contributed by atoms with E-state index in [0.717, 1.165) is 26.8 Å². The minimum Gasteiger partial charge on any atom is -0.325 e. The second-order valence-electron chi connectivity index (χ2n) is 5.06. The first kappa shape index (κ1) is 16.7. The molecule has 1 N–H and O–H groups in total. The normalized spacial score (nSPS) is 11.6. The number of sulfonamides is 1. The van der Waals surface area contributed by atoms with Gasteiger partial charge in [-0.05, 0) is 36.9 Å². The summed E-state index contributed by atoms with van der Waals surface area (Å²) in [6, 6.07) is 8.87. The number of nitrogens with zero attached hydrogens (tertiary/aromatic N) is 1. The molecule has 1 aromatic heterocycles. The number of amides is 1. The zero-order valence-electron chi connectivity index (χ0n) is 12.7. The van der Waals surface area contributed by atoms with Crippen LogP contribution in [0.2, 0.25) is 0 Å². The van der Waals surface area contributed by atoms with Crippen molar-refractivity contribution < 1.29 is 13.2 Å². The minimum atomic E-state index is -3.61. The molecule has 7 heteroatoms. The SMILES string of the molecule is Cc1ccc(NC(=O)CN(C)S(=O)(=O)c2cccs2)c(C)c1. The van der Waals surface area contributed by atoms with Gasteiger partial charge in [-0.2, -0.15) is 4.31 Å². The zero-order chi connectivity index (χ0) is 16.3. The molecular formula is C15H18N2O3S2. The van der Waals surface area contributed by atoms with Crippen molar-refractivity contribution >= 4 is 33.0 Å². The molecule has 1 amide bonds. The van der Waals surface area contributed by atoms with Crippen molar-refractivity contribution in [3.8, 4) is 0 Å². The summed E-state index contributed by atoms with van der Waals surface area (Å²) in [6.07, 6.45) is 0. The molecule has 2 rings (SSSR count). The molecule has 0 aliphatic rings. The van der Waals surface area contributed by atoms with Crippen molar-refractivity contribution in [3.05, 3.63) is 46.8 Å². The molecule has 118 valence electrons. The fourth-order valence-corrected chi connectivity index (χ4v) is 4.32. The average Bonchev–Trinajstić information content (AvgIpc) is 2.96. The van der Waals surface area contributed by atoms with Crippen molar-refractivity contribution in [1.29, 1.82) is 0 Å². The first-order valence-corrected chi connectivity index (χ1v) is 8.99. The van der Waals surface area contributed by atoms with Crippen molar-refractivity contribution in [1.82, 2.24) is 4.31 Å². The number of hydrogen-bond acceptors (Lipinski definition) is 4. The predicted molar refractivity (Wildman–Crippen MR) is 88.7 cm³/mol. The number of thiophene rings is 1. The maximum absolute atomic E-state index is 12.2. The van der Waals surface area contributed by atoms with E-state index in [1.165, 1.54) is 13.1 Å². The number of nitrogens with one attached hydrogen (secondary N) is 1. The summed E-state index contributed by atoms with van der Waals surface area (Å²) in [5.74, 6) is -0.366. The Morgan fingerprint density at radius 3 is 2.59 bits per heavy atom. The summed E-state index contributed by atoms with van der Waals surface area (Å²) in [6.45, 7) is 3.64. The molecule has 0 bridgehead atoms. The number of likely N-dealkylation sites (N-methyl/N-ethyl adjacent to an activating group) is 1. The Morgan fingerprint density at radius 2 is 2.00 bits per heavy atom. The second-order valence-corrected chi connectivity index (χ2v) is 8.28. The van der Waals surface area contributed by atoms with Gasteiger partial charge in [-0.3, -0.25) is 4.79 Å². The molecule has 0 spiro atoms. The Hall–Kier alpha value is -1.70. The van der Waals surface area contributed by atoms with E-state index < -0.39 is 10.0 Å². The molecule has 0 fully saturated rings. The highest BCUT2D eigenvalue weighted by Gasteiger charge is 2.23. The summed E-state index contributed by atoms with van der Waals surface area (Å²) < 4.78 is 25.8. The van der Waals surface area contributed by atoms with Crippen LogP contribution >= 0.6 is 11.3 Å². The molecule has 5 nitrogen and oxygen atoms in total. The van der Waals surface area contributed by atoms with Gasteiger partial charge in [-0.1, -0.05) is 23.8 Å². The number of rotatable bonds is 5. The van der Waals surface area contributed by atoms with Crippen LogP contribution in [0.1, 0.15) is 11.1 Å². The van der Waals surface area contributed by atoms with Gasteiger partial charge in [-0.25, -0.2) is 8.42 Å². The van der Waals surface area contributed by atoms with Crippen LogP contribution in [0.5, 0.6) is 0 Å². The third-order valence-corrected chi connectivity index (χ3v) is 6.36. The number of aryl methyl sites for hydroxylation is 2. The van der Waals surface area contributed by atoms with Gasteiger partial charge in [0, 0.05) is 12.7 Å². The quantitative estimate of drug-likeness (QED) is 0.911. The van der Waals surface area contributed by atoms with Gasteiger partial charge < -0.3 is 5.32 Å². The number of hydrogen-bond donors (Lipinski definition) is 1. The first-order chi connectivity index (χ1) is 10.3. The van der Waals surface area contributed by atoms with Gasteiger partial charge in [0.2, 0.25) is 5.91 Å². The Kier molecular flexibility index (Phi) is 5.00. The zero-order valence-corrected chi connectivity index (χ0v) is 14.3. The standard InChI is InChI=1S/C15H18N2O3S2/c1-11-6-7-13(12(2)9-11)16-14(18)10-17(3)22(19,20)15-5-4-8-21-15/h4-9H,10H2,1-3H3,(H,16,18). The lowest BCUT2D eigenvalue weighted by Crippen LogP contribution is -2.34. The number of benzene rings is 1. The lowest BCUT2D eigenvalue weighted by atomic mass is 10.1. The van der Waals surface area contributed by atoms with E-state index in [1.54, 1.807) is 11.4 Å². The van der Waals surface area contributed by atoms with Crippen LogP contribution in [0.25, 0.3) is 0 Å². The lowest BCUT2D eigenvalue weighted by molar-refractivity contribution is -0.116. The van der Waals surface area contributed by atoms with Gasteiger partial charge in [0.25, 0.3) is 10.0 Å². The Balaban J connectivity index is 2.06. The highest BCUT2D eigenvalue weighted by molar-refractivity contribution is 7.91. The predicted octanol–water partition coefficient (Wildman–Crippen LogP) is 2.62. The molecule has 0 atom stereocenters. The van der Waals surface area contributed by atoms with Crippen LogP contribution in [0.3, 0.4) is 0 Å². The van der Waals surface area contributed by atoms with Gasteiger partial charge in [0.15, 0.2) is 0 Å². The smallest absolute Gasteiger partial charge is 0.252 e. The molecule has 0 saturated carbocycles. The van der Waals surface area contributed by atoms with E-state index in [-0.39, 0.29) is 16.7 Å². The summed E-state index contributed by atoms with van der Waals surface area (Å²) >= 11 is 1.13. The van der Waals surface area contributed by atoms with E-state index in [2.05, 4.69) is 5.32 Å². The van der Waals surface area contributed by atoms with Crippen LogP contribution in [-0.4, -0.2) is 32.2 Å². The molecule has 0 aliphatic carbocycles. The topological polar surface area (TPSA) is 66.5 Å². The van der Waals surface area contributed by atoms with Crippen LogP contribution in [0, 0.1) is 13.8 Å². The molecule has 1 heterocycles. The van der Waals surface area contributed by atoms with Crippen LogP contribution in [-0.2, 0) is 14.8 Å². The van der Waals surface area contributed by atoms with E-state index in [1.807, 2.05) is 32.0 Å². The minimum absolute atomic E-state index is 0.229. The summed E-state index contributed by atoms with van der Waals surface area (Å²) in [5.41, 5.74) is 2.74. The van der Waals surface area contributed by atoms with Gasteiger partial charge >= 0.3 is 0 Å². The molecule has 0 saturated heterocycles. The fraction of sp³-hybridized carbons (Fsp3) is 0.267. The molecule has 2 aromatic rings.